The Hall–Kier alpha value is -2.28. The van der Waals surface area contributed by atoms with E-state index < -0.39 is 44.0 Å². The summed E-state index contributed by atoms with van der Waals surface area (Å²) in [6.45, 7) is 1.54. The minimum absolute atomic E-state index is 0.0661. The summed E-state index contributed by atoms with van der Waals surface area (Å²) in [5, 5.41) is 4.38. The normalized spacial score (nSPS) is 20.8. The summed E-state index contributed by atoms with van der Waals surface area (Å²) >= 11 is 7.24. The molecule has 0 saturated carbocycles. The highest BCUT2D eigenvalue weighted by molar-refractivity contribution is 7.90. The van der Waals surface area contributed by atoms with Crippen LogP contribution >= 0.6 is 22.9 Å². The maximum atomic E-state index is 13.6. The smallest absolute Gasteiger partial charge is 0.345 e. The molecule has 2 aliphatic rings. The fraction of sp³-hybridized carbons (Fsp3) is 0.500. The third-order valence-corrected chi connectivity index (χ3v) is 12.1. The molecule has 2 aromatic heterocycles. The van der Waals surface area contributed by atoms with Gasteiger partial charge in [0.25, 0.3) is 15.9 Å². The second-order valence-electron chi connectivity index (χ2n) is 10.3. The van der Waals surface area contributed by atoms with Gasteiger partial charge in [0, 0.05) is 79.1 Å². The molecule has 4 heterocycles. The second-order valence-corrected chi connectivity index (χ2v) is 15.8. The molecule has 0 radical (unpaired) electrons. The number of sulfonamides is 2. The van der Waals surface area contributed by atoms with Crippen molar-refractivity contribution in [2.75, 3.05) is 33.2 Å². The molecule has 2 atom stereocenters. The van der Waals surface area contributed by atoms with Gasteiger partial charge in [-0.05, 0) is 37.6 Å². The first-order chi connectivity index (χ1) is 19.6. The van der Waals surface area contributed by atoms with Crippen molar-refractivity contribution in [3.63, 3.8) is 0 Å². The zero-order valence-corrected chi connectivity index (χ0v) is 25.7. The average Bonchev–Trinajstić information content (AvgIpc) is 3.54. The number of hydrogen-bond acceptors (Lipinski definition) is 8. The lowest BCUT2D eigenvalue weighted by Gasteiger charge is -2.40. The number of rotatable bonds is 7. The number of aromatic nitrogens is 2. The fourth-order valence-electron chi connectivity index (χ4n) is 5.07. The zero-order valence-electron chi connectivity index (χ0n) is 22.5. The number of H-pyrrole nitrogens is 1. The number of aromatic amines is 1. The summed E-state index contributed by atoms with van der Waals surface area (Å²) in [4.78, 5) is 23.3. The molecule has 1 amide bonds. The minimum Gasteiger partial charge on any atom is -0.345 e. The second kappa shape index (κ2) is 11.3. The summed E-state index contributed by atoms with van der Waals surface area (Å²) < 4.78 is 91.7. The quantitative estimate of drug-likeness (QED) is 0.395. The van der Waals surface area contributed by atoms with Crippen LogP contribution in [0.5, 0.6) is 0 Å². The Kier molecular flexibility index (Phi) is 8.41. The molecule has 18 heteroatoms. The number of carbonyl (C=O) groups excluding carboxylic acids is 1. The predicted molar refractivity (Wildman–Crippen MR) is 151 cm³/mol. The fourth-order valence-corrected chi connectivity index (χ4v) is 8.43. The van der Waals surface area contributed by atoms with Crippen molar-refractivity contribution in [2.24, 2.45) is 0 Å². The molecule has 3 aromatic rings. The van der Waals surface area contributed by atoms with E-state index in [9.17, 15) is 34.8 Å². The number of fused-ring (bicyclic) bond motifs is 2. The van der Waals surface area contributed by atoms with Crippen molar-refractivity contribution >= 4 is 59.8 Å². The summed E-state index contributed by atoms with van der Waals surface area (Å²) in [6.07, 6.45) is 0.389. The lowest BCUT2D eigenvalue weighted by atomic mass is 10.1. The van der Waals surface area contributed by atoms with Gasteiger partial charge in [-0.15, -0.1) is 11.3 Å². The maximum absolute atomic E-state index is 13.6. The highest BCUT2D eigenvalue weighted by Crippen LogP contribution is 2.30. The maximum Gasteiger partial charge on any atom is 0.511 e. The lowest BCUT2D eigenvalue weighted by molar-refractivity contribution is -0.0484. The van der Waals surface area contributed by atoms with Crippen LogP contribution in [0.1, 0.15) is 33.7 Å². The van der Waals surface area contributed by atoms with Crippen molar-refractivity contribution in [2.45, 2.75) is 48.9 Å². The van der Waals surface area contributed by atoms with Gasteiger partial charge in [0.2, 0.25) is 0 Å². The molecule has 2 aliphatic heterocycles. The number of alkyl halides is 3. The molecule has 0 bridgehead atoms. The molecule has 42 heavy (non-hydrogen) atoms. The van der Waals surface area contributed by atoms with E-state index in [2.05, 4.69) is 15.3 Å². The van der Waals surface area contributed by atoms with E-state index in [1.807, 2.05) is 6.92 Å². The molecule has 5 rings (SSSR count). The van der Waals surface area contributed by atoms with Crippen LogP contribution in [0, 0.1) is 0 Å². The van der Waals surface area contributed by atoms with Crippen LogP contribution in [-0.4, -0.2) is 97.0 Å². The van der Waals surface area contributed by atoms with E-state index in [-0.39, 0.29) is 46.4 Å². The summed E-state index contributed by atoms with van der Waals surface area (Å²) in [7, 11) is -8.93. The van der Waals surface area contributed by atoms with Gasteiger partial charge in [-0.25, -0.2) is 21.8 Å². The molecular formula is C24H28ClF3N6O5S3. The van der Waals surface area contributed by atoms with E-state index in [0.717, 1.165) is 21.9 Å². The third kappa shape index (κ3) is 5.92. The predicted octanol–water partition coefficient (Wildman–Crippen LogP) is 3.00. The Morgan fingerprint density at radius 3 is 2.67 bits per heavy atom. The molecule has 1 aromatic carbocycles. The van der Waals surface area contributed by atoms with Gasteiger partial charge < -0.3 is 15.2 Å². The van der Waals surface area contributed by atoms with Crippen LogP contribution in [-0.2, 0) is 33.0 Å². The molecule has 0 spiro atoms. The lowest BCUT2D eigenvalue weighted by Crippen LogP contribution is -2.57. The first-order valence-electron chi connectivity index (χ1n) is 12.9. The standard InChI is InChI=1S/C24H28ClF3N6O5S3/c1-14-9-19-20(12-29-14)40-22(31-19)23(35)34-8-7-33(13-17(34)5-6-32(2)42(38,39)24(26,27)28)41(36,37)21-11-15-10-16(25)3-4-18(15)30-21/h3-4,10-11,14,17,29-30H,5-9,12-13H2,1-2H3. The third-order valence-electron chi connectivity index (χ3n) is 7.43. The number of nitrogens with one attached hydrogen (secondary N) is 2. The number of nitrogens with zero attached hydrogens (tertiary/aromatic N) is 4. The molecule has 2 N–H and O–H groups in total. The van der Waals surface area contributed by atoms with E-state index in [1.165, 1.54) is 22.3 Å². The van der Waals surface area contributed by atoms with Crippen molar-refractivity contribution < 1.29 is 34.8 Å². The van der Waals surface area contributed by atoms with E-state index in [4.69, 9.17) is 11.6 Å². The van der Waals surface area contributed by atoms with Crippen LogP contribution in [0.3, 0.4) is 0 Å². The number of amides is 1. The van der Waals surface area contributed by atoms with Crippen LogP contribution in [0.15, 0.2) is 29.3 Å². The van der Waals surface area contributed by atoms with Crippen molar-refractivity contribution in [3.05, 3.63) is 44.9 Å². The number of hydrogen-bond donors (Lipinski definition) is 2. The summed E-state index contributed by atoms with van der Waals surface area (Å²) in [5.41, 5.74) is -4.16. The van der Waals surface area contributed by atoms with Gasteiger partial charge in [-0.2, -0.15) is 21.8 Å². The van der Waals surface area contributed by atoms with Gasteiger partial charge in [-0.1, -0.05) is 11.6 Å². The first kappa shape index (κ1) is 31.2. The monoisotopic (exact) mass is 668 g/mol. The largest absolute Gasteiger partial charge is 0.511 e. The van der Waals surface area contributed by atoms with E-state index in [0.29, 0.717) is 28.9 Å². The molecule has 0 aliphatic carbocycles. The topological polar surface area (TPSA) is 136 Å². The van der Waals surface area contributed by atoms with Crippen LogP contribution < -0.4 is 5.32 Å². The molecule has 230 valence electrons. The van der Waals surface area contributed by atoms with Gasteiger partial charge in [0.1, 0.15) is 5.03 Å². The molecule has 1 saturated heterocycles. The van der Waals surface area contributed by atoms with E-state index in [1.54, 1.807) is 18.2 Å². The van der Waals surface area contributed by atoms with Gasteiger partial charge in [0.05, 0.1) is 5.69 Å². The highest BCUT2D eigenvalue weighted by Gasteiger charge is 2.49. The SMILES string of the molecule is CC1Cc2nc(C(=O)N3CCN(S(=O)(=O)c4cc5cc(Cl)ccc5[nH]4)CC3CCN(C)S(=O)(=O)C(F)(F)F)sc2CN1. The number of thiazole rings is 1. The number of carbonyl (C=O) groups is 1. The Bertz CT molecular complexity index is 1730. The molecular weight excluding hydrogens is 641 g/mol. The molecule has 2 unspecified atom stereocenters. The van der Waals surface area contributed by atoms with E-state index >= 15 is 0 Å². The van der Waals surface area contributed by atoms with Crippen LogP contribution in [0.2, 0.25) is 5.02 Å². The number of benzene rings is 1. The zero-order chi connectivity index (χ0) is 30.6. The van der Waals surface area contributed by atoms with Crippen molar-refractivity contribution in [1.29, 1.82) is 0 Å². The van der Waals surface area contributed by atoms with Gasteiger partial charge in [-0.3, -0.25) is 4.79 Å². The van der Waals surface area contributed by atoms with Crippen molar-refractivity contribution in [3.8, 4) is 0 Å². The Morgan fingerprint density at radius 2 is 1.95 bits per heavy atom. The first-order valence-corrected chi connectivity index (χ1v) is 17.0. The summed E-state index contributed by atoms with van der Waals surface area (Å²) in [6, 6.07) is 5.53. The Labute approximate surface area is 249 Å². The van der Waals surface area contributed by atoms with Crippen LogP contribution in [0.25, 0.3) is 10.9 Å². The van der Waals surface area contributed by atoms with Crippen LogP contribution in [0.4, 0.5) is 13.2 Å². The van der Waals surface area contributed by atoms with Crippen molar-refractivity contribution in [1.82, 2.24) is 28.8 Å². The molecule has 11 nitrogen and oxygen atoms in total. The van der Waals surface area contributed by atoms with Gasteiger partial charge in [0.15, 0.2) is 5.01 Å². The Morgan fingerprint density at radius 1 is 1.21 bits per heavy atom. The van der Waals surface area contributed by atoms with Gasteiger partial charge >= 0.3 is 15.5 Å². The summed E-state index contributed by atoms with van der Waals surface area (Å²) in [5.74, 6) is -0.481. The minimum atomic E-state index is -5.61. The number of piperazine rings is 1. The highest BCUT2D eigenvalue weighted by atomic mass is 35.5. The molecule has 1 fully saturated rings. The number of halogens is 4. The average molecular weight is 669 g/mol. The Balaban J connectivity index is 1.42.